The molecule has 1 N–H and O–H groups in total. The van der Waals surface area contributed by atoms with Crippen molar-refractivity contribution in [2.24, 2.45) is 0 Å². The molecule has 73 valence electrons. The SMILES string of the molecule is C[Si](O[Si](C)(C)C)O[Si](C)(C)O. The fraction of sp³-hybridized carbons (Fsp3) is 1.00. The molecule has 0 amide bonds. The highest BCUT2D eigenvalue weighted by atomic mass is 28.5. The molecule has 12 heavy (non-hydrogen) atoms. The predicted octanol–water partition coefficient (Wildman–Crippen LogP) is 1.67. The summed E-state index contributed by atoms with van der Waals surface area (Å²) < 4.78 is 11.1. The first-order chi connectivity index (χ1) is 5.10. The van der Waals surface area contributed by atoms with Gasteiger partial charge in [-0.15, -0.1) is 0 Å². The average Bonchev–Trinajstić information content (AvgIpc) is 1.49. The highest BCUT2D eigenvalue weighted by Gasteiger charge is 2.28. The smallest absolute Gasteiger partial charge is 0.360 e. The number of hydrogen-bond acceptors (Lipinski definition) is 3. The Morgan fingerprint density at radius 2 is 1.42 bits per heavy atom. The Labute approximate surface area is 78.9 Å². The molecular weight excluding hydrogens is 204 g/mol. The molecule has 0 heterocycles. The lowest BCUT2D eigenvalue weighted by Crippen LogP contribution is -2.43. The topological polar surface area (TPSA) is 38.7 Å². The third-order valence-corrected chi connectivity index (χ3v) is 7.59. The summed E-state index contributed by atoms with van der Waals surface area (Å²) in [7, 11) is -5.10. The third-order valence-electron chi connectivity index (χ3n) is 0.843. The van der Waals surface area contributed by atoms with Crippen LogP contribution in [-0.4, -0.2) is 31.0 Å². The normalized spacial score (nSPS) is 14.0. The summed E-state index contributed by atoms with van der Waals surface area (Å²) >= 11 is 0. The van der Waals surface area contributed by atoms with Crippen LogP contribution in [0.3, 0.4) is 0 Å². The van der Waals surface area contributed by atoms with Crippen LogP contribution in [0.15, 0.2) is 0 Å². The molecule has 1 radical (unpaired) electrons. The van der Waals surface area contributed by atoms with Crippen LogP contribution in [0, 0.1) is 0 Å². The highest BCUT2D eigenvalue weighted by molar-refractivity contribution is 6.78. The Bertz CT molecular complexity index is 122. The van der Waals surface area contributed by atoms with Gasteiger partial charge >= 0.3 is 17.8 Å². The van der Waals surface area contributed by atoms with Gasteiger partial charge in [0, 0.05) is 0 Å². The van der Waals surface area contributed by atoms with Crippen LogP contribution in [0.25, 0.3) is 0 Å². The minimum absolute atomic E-state index is 1.23. The maximum Gasteiger partial charge on any atom is 0.360 e. The van der Waals surface area contributed by atoms with Crippen LogP contribution in [0.5, 0.6) is 0 Å². The first-order valence-electron chi connectivity index (χ1n) is 4.04. The monoisotopic (exact) mass is 223 g/mol. The number of hydrogen-bond donors (Lipinski definition) is 1. The van der Waals surface area contributed by atoms with E-state index in [-0.39, 0.29) is 0 Å². The van der Waals surface area contributed by atoms with Gasteiger partial charge in [-0.05, 0) is 39.3 Å². The fourth-order valence-corrected chi connectivity index (χ4v) is 7.61. The molecule has 0 fully saturated rings. The standard InChI is InChI=1S/C6H19O3Si3/c1-10(8-11(2,3)4)9-12(5,6)7/h7H,1-6H3. The van der Waals surface area contributed by atoms with E-state index in [1.165, 1.54) is 0 Å². The Balaban J connectivity index is 3.83. The summed E-state index contributed by atoms with van der Waals surface area (Å²) in [6, 6.07) is 0. The van der Waals surface area contributed by atoms with Crippen LogP contribution < -0.4 is 0 Å². The summed E-state index contributed by atoms with van der Waals surface area (Å²) in [5.41, 5.74) is 0. The van der Waals surface area contributed by atoms with E-state index in [4.69, 9.17) is 8.23 Å². The lowest BCUT2D eigenvalue weighted by Gasteiger charge is -2.25. The van der Waals surface area contributed by atoms with E-state index >= 15 is 0 Å². The molecule has 0 saturated heterocycles. The molecule has 0 rings (SSSR count). The molecule has 0 spiro atoms. The molecule has 0 aromatic carbocycles. The molecule has 0 aromatic heterocycles. The summed E-state index contributed by atoms with van der Waals surface area (Å²) in [5.74, 6) is 0. The van der Waals surface area contributed by atoms with Crippen molar-refractivity contribution in [1.82, 2.24) is 0 Å². The van der Waals surface area contributed by atoms with E-state index < -0.39 is 26.2 Å². The zero-order valence-electron chi connectivity index (χ0n) is 8.76. The second-order valence-corrected chi connectivity index (χ2v) is 14.0. The third kappa shape index (κ3) is 8.63. The maximum absolute atomic E-state index is 9.46. The largest absolute Gasteiger partial charge is 0.436 e. The lowest BCUT2D eigenvalue weighted by molar-refractivity contribution is 0.347. The van der Waals surface area contributed by atoms with E-state index in [0.717, 1.165) is 0 Å². The van der Waals surface area contributed by atoms with Crippen LogP contribution in [0.4, 0.5) is 0 Å². The summed E-state index contributed by atoms with van der Waals surface area (Å²) in [5, 5.41) is 0. The zero-order chi connectivity index (χ0) is 9.99. The quantitative estimate of drug-likeness (QED) is 0.737. The molecule has 0 aliphatic carbocycles. The van der Waals surface area contributed by atoms with Crippen LogP contribution >= 0.6 is 0 Å². The Kier molecular flexibility index (Phi) is 4.34. The predicted molar refractivity (Wildman–Crippen MR) is 56.8 cm³/mol. The van der Waals surface area contributed by atoms with Gasteiger partial charge < -0.3 is 13.0 Å². The van der Waals surface area contributed by atoms with E-state index in [1.807, 2.05) is 6.55 Å². The van der Waals surface area contributed by atoms with Gasteiger partial charge in [0.15, 0.2) is 8.32 Å². The molecule has 0 aliphatic rings. The first kappa shape index (κ1) is 12.5. The van der Waals surface area contributed by atoms with Crippen molar-refractivity contribution in [3.63, 3.8) is 0 Å². The van der Waals surface area contributed by atoms with E-state index in [0.29, 0.717) is 0 Å². The molecule has 0 bridgehead atoms. The van der Waals surface area contributed by atoms with Crippen molar-refractivity contribution < 1.29 is 13.0 Å². The van der Waals surface area contributed by atoms with Gasteiger partial charge in [0.2, 0.25) is 0 Å². The molecule has 3 nitrogen and oxygen atoms in total. The maximum atomic E-state index is 9.46. The van der Waals surface area contributed by atoms with Crippen molar-refractivity contribution in [1.29, 1.82) is 0 Å². The van der Waals surface area contributed by atoms with E-state index in [9.17, 15) is 4.80 Å². The van der Waals surface area contributed by atoms with Crippen LogP contribution in [0.2, 0.25) is 39.3 Å². The first-order valence-corrected chi connectivity index (χ1v) is 12.1. The molecule has 0 atom stereocenters. The second-order valence-electron chi connectivity index (χ2n) is 4.25. The number of rotatable bonds is 4. The fourth-order valence-electron chi connectivity index (χ4n) is 0.804. The Morgan fingerprint density at radius 3 is 1.67 bits per heavy atom. The molecule has 0 aromatic rings. The van der Waals surface area contributed by atoms with Crippen molar-refractivity contribution in [2.45, 2.75) is 39.3 Å². The molecule has 0 aliphatic heterocycles. The van der Waals surface area contributed by atoms with Gasteiger partial charge in [0.05, 0.1) is 0 Å². The summed E-state index contributed by atoms with van der Waals surface area (Å²) in [6.07, 6.45) is 0. The van der Waals surface area contributed by atoms with Gasteiger partial charge in [0.25, 0.3) is 0 Å². The van der Waals surface area contributed by atoms with Crippen molar-refractivity contribution >= 4 is 26.2 Å². The Morgan fingerprint density at radius 1 is 1.00 bits per heavy atom. The average molecular weight is 223 g/mol. The van der Waals surface area contributed by atoms with Crippen LogP contribution in [-0.2, 0) is 8.23 Å². The highest BCUT2D eigenvalue weighted by Crippen LogP contribution is 2.09. The summed E-state index contributed by atoms with van der Waals surface area (Å²) in [6.45, 7) is 11.8. The minimum atomic E-state index is -2.38. The van der Waals surface area contributed by atoms with Gasteiger partial charge in [-0.3, -0.25) is 0 Å². The van der Waals surface area contributed by atoms with Crippen LogP contribution in [0.1, 0.15) is 0 Å². The van der Waals surface area contributed by atoms with Crippen molar-refractivity contribution in [3.8, 4) is 0 Å². The second kappa shape index (κ2) is 4.16. The lowest BCUT2D eigenvalue weighted by atomic mass is 11.8. The van der Waals surface area contributed by atoms with E-state index in [1.54, 1.807) is 13.1 Å². The van der Waals surface area contributed by atoms with Gasteiger partial charge in [0.1, 0.15) is 0 Å². The van der Waals surface area contributed by atoms with E-state index in [2.05, 4.69) is 19.6 Å². The van der Waals surface area contributed by atoms with Gasteiger partial charge in [-0.1, -0.05) is 0 Å². The zero-order valence-corrected chi connectivity index (χ0v) is 11.8. The molecule has 0 saturated carbocycles. The molecular formula is C6H19O3Si3. The van der Waals surface area contributed by atoms with Crippen molar-refractivity contribution in [3.05, 3.63) is 0 Å². The summed E-state index contributed by atoms with van der Waals surface area (Å²) in [4.78, 5) is 9.46. The molecule has 0 unspecified atom stereocenters. The van der Waals surface area contributed by atoms with Gasteiger partial charge in [-0.25, -0.2) is 0 Å². The van der Waals surface area contributed by atoms with Crippen molar-refractivity contribution in [2.75, 3.05) is 0 Å². The van der Waals surface area contributed by atoms with Gasteiger partial charge in [-0.2, -0.15) is 0 Å². The Hall–Kier alpha value is 0.531. The molecule has 6 heteroatoms. The minimum Gasteiger partial charge on any atom is -0.436 e.